The highest BCUT2D eigenvalue weighted by atomic mass is 15.2. The first-order chi connectivity index (χ1) is 31.0. The van der Waals surface area contributed by atoms with Crippen LogP contribution in [0.4, 0.5) is 68.2 Å². The highest BCUT2D eigenvalue weighted by Gasteiger charge is 2.19. The van der Waals surface area contributed by atoms with Crippen LogP contribution in [0.2, 0.25) is 0 Å². The molecule has 9 aromatic rings. The molecule has 0 radical (unpaired) electrons. The van der Waals surface area contributed by atoms with Crippen molar-refractivity contribution in [3.8, 4) is 0 Å². The summed E-state index contributed by atoms with van der Waals surface area (Å²) in [6, 6.07) is 84.5. The molecule has 0 amide bonds. The molecule has 0 saturated carbocycles. The third-order valence-corrected chi connectivity index (χ3v) is 10.9. The van der Waals surface area contributed by atoms with E-state index in [1.165, 1.54) is 16.7 Å². The summed E-state index contributed by atoms with van der Waals surface area (Å²) in [4.78, 5) is 9.29. The second-order valence-corrected chi connectivity index (χ2v) is 15.4. The molecule has 0 N–H and O–H groups in total. The summed E-state index contributed by atoms with van der Waals surface area (Å²) in [6.45, 7) is 10.4. The van der Waals surface area contributed by atoms with Crippen LogP contribution in [0.1, 0.15) is 30.5 Å². The van der Waals surface area contributed by atoms with Crippen LogP contribution in [0, 0.1) is 20.8 Å². The van der Waals surface area contributed by atoms with Gasteiger partial charge in [0.25, 0.3) is 0 Å². The first kappa shape index (κ1) is 41.9. The standard InChI is InChI=1S/C57H48N4.C2H6/c1-43-16-13-25-55(40-43)59(46-19-7-4-8-20-46)52-34-28-49(29-35-52)58(50-30-36-53(37-31-50)60(47-21-9-5-10-22-47)56-26-14-17-44(2)41-56)51-32-38-54(39-33-51)61(48-23-11-6-12-24-48)57-27-15-18-45(3)42-57;1-2/h4-42H,1-3H3;1-2H3. The molecule has 0 atom stereocenters. The van der Waals surface area contributed by atoms with Crippen LogP contribution in [0.3, 0.4) is 0 Å². The zero-order chi connectivity index (χ0) is 43.5. The van der Waals surface area contributed by atoms with Crippen molar-refractivity contribution in [1.29, 1.82) is 0 Å². The van der Waals surface area contributed by atoms with Crippen molar-refractivity contribution in [2.24, 2.45) is 0 Å². The summed E-state index contributed by atoms with van der Waals surface area (Å²) in [7, 11) is 0. The van der Waals surface area contributed by atoms with E-state index >= 15 is 0 Å². The highest BCUT2D eigenvalue weighted by molar-refractivity contribution is 5.85. The molecule has 310 valence electrons. The van der Waals surface area contributed by atoms with Crippen molar-refractivity contribution in [3.05, 3.63) is 253 Å². The van der Waals surface area contributed by atoms with Crippen LogP contribution in [0.5, 0.6) is 0 Å². The maximum Gasteiger partial charge on any atom is 0.0464 e. The van der Waals surface area contributed by atoms with Gasteiger partial charge < -0.3 is 19.6 Å². The zero-order valence-corrected chi connectivity index (χ0v) is 36.8. The lowest BCUT2D eigenvalue weighted by molar-refractivity contribution is 1.23. The smallest absolute Gasteiger partial charge is 0.0464 e. The number of para-hydroxylation sites is 3. The molecular weight excluding hydrogens is 765 g/mol. The zero-order valence-electron chi connectivity index (χ0n) is 36.8. The molecule has 0 unspecified atom stereocenters. The number of nitrogens with zero attached hydrogens (tertiary/aromatic N) is 4. The van der Waals surface area contributed by atoms with Gasteiger partial charge in [-0.1, -0.05) is 105 Å². The fourth-order valence-electron chi connectivity index (χ4n) is 8.07. The third-order valence-electron chi connectivity index (χ3n) is 10.9. The van der Waals surface area contributed by atoms with Crippen LogP contribution < -0.4 is 19.6 Å². The minimum absolute atomic E-state index is 1.05. The Morgan fingerprint density at radius 2 is 0.365 bits per heavy atom. The van der Waals surface area contributed by atoms with Gasteiger partial charge in [-0.15, -0.1) is 0 Å². The topological polar surface area (TPSA) is 13.0 Å². The molecule has 0 heterocycles. The van der Waals surface area contributed by atoms with Gasteiger partial charge in [0.15, 0.2) is 0 Å². The van der Waals surface area contributed by atoms with E-state index in [0.29, 0.717) is 0 Å². The van der Waals surface area contributed by atoms with Crippen molar-refractivity contribution in [3.63, 3.8) is 0 Å². The van der Waals surface area contributed by atoms with Crippen LogP contribution in [-0.2, 0) is 0 Å². The van der Waals surface area contributed by atoms with E-state index in [-0.39, 0.29) is 0 Å². The molecule has 0 bridgehead atoms. The predicted octanol–water partition coefficient (Wildman–Crippen LogP) is 17.5. The minimum atomic E-state index is 1.05. The summed E-state index contributed by atoms with van der Waals surface area (Å²) in [6.07, 6.45) is 0. The largest absolute Gasteiger partial charge is 0.310 e. The Labute approximate surface area is 374 Å². The Bertz CT molecular complexity index is 2510. The van der Waals surface area contributed by atoms with E-state index in [2.05, 4.69) is 277 Å². The van der Waals surface area contributed by atoms with Crippen molar-refractivity contribution < 1.29 is 0 Å². The van der Waals surface area contributed by atoms with Crippen LogP contribution in [-0.4, -0.2) is 0 Å². The van der Waals surface area contributed by atoms with Crippen molar-refractivity contribution in [2.75, 3.05) is 19.6 Å². The highest BCUT2D eigenvalue weighted by Crippen LogP contribution is 2.43. The van der Waals surface area contributed by atoms with E-state index < -0.39 is 0 Å². The van der Waals surface area contributed by atoms with Gasteiger partial charge in [-0.25, -0.2) is 0 Å². The number of rotatable bonds is 12. The Kier molecular flexibility index (Phi) is 13.1. The van der Waals surface area contributed by atoms with E-state index in [9.17, 15) is 0 Å². The number of anilines is 12. The number of hydrogen-bond donors (Lipinski definition) is 0. The molecule has 9 rings (SSSR count). The molecule has 0 aromatic heterocycles. The Balaban J connectivity index is 0.00000268. The van der Waals surface area contributed by atoms with Gasteiger partial charge in [-0.2, -0.15) is 0 Å². The molecule has 0 spiro atoms. The summed E-state index contributed by atoms with van der Waals surface area (Å²) in [5.41, 5.74) is 16.7. The van der Waals surface area contributed by atoms with E-state index in [0.717, 1.165) is 68.2 Å². The Morgan fingerprint density at radius 3 is 0.571 bits per heavy atom. The number of aryl methyl sites for hydroxylation is 3. The molecule has 4 heteroatoms. The fourth-order valence-corrected chi connectivity index (χ4v) is 8.07. The maximum atomic E-state index is 2.34. The lowest BCUT2D eigenvalue weighted by Gasteiger charge is -2.30. The van der Waals surface area contributed by atoms with Gasteiger partial charge in [0.1, 0.15) is 0 Å². The molecule has 0 aliphatic carbocycles. The molecule has 0 fully saturated rings. The van der Waals surface area contributed by atoms with Crippen LogP contribution in [0.25, 0.3) is 0 Å². The van der Waals surface area contributed by atoms with Crippen molar-refractivity contribution in [1.82, 2.24) is 0 Å². The average molecular weight is 819 g/mol. The Morgan fingerprint density at radius 1 is 0.190 bits per heavy atom. The lowest BCUT2D eigenvalue weighted by Crippen LogP contribution is -2.14. The quantitative estimate of drug-likeness (QED) is 0.122. The van der Waals surface area contributed by atoms with Crippen molar-refractivity contribution >= 4 is 68.2 Å². The van der Waals surface area contributed by atoms with Gasteiger partial charge >= 0.3 is 0 Å². The summed E-state index contributed by atoms with van der Waals surface area (Å²) in [5, 5.41) is 0. The molecule has 9 aromatic carbocycles. The molecular formula is C59H54N4. The summed E-state index contributed by atoms with van der Waals surface area (Å²) >= 11 is 0. The number of hydrogen-bond acceptors (Lipinski definition) is 4. The van der Waals surface area contributed by atoms with Gasteiger partial charge in [-0.05, 0) is 183 Å². The molecule has 0 saturated heterocycles. The van der Waals surface area contributed by atoms with Gasteiger partial charge in [0.05, 0.1) is 0 Å². The molecule has 0 aliphatic heterocycles. The lowest BCUT2D eigenvalue weighted by atomic mass is 10.1. The summed E-state index contributed by atoms with van der Waals surface area (Å²) in [5.74, 6) is 0. The second kappa shape index (κ2) is 19.7. The Hall–Kier alpha value is -7.82. The van der Waals surface area contributed by atoms with Gasteiger partial charge in [0.2, 0.25) is 0 Å². The first-order valence-electron chi connectivity index (χ1n) is 21.8. The predicted molar refractivity (Wildman–Crippen MR) is 271 cm³/mol. The first-order valence-corrected chi connectivity index (χ1v) is 21.8. The van der Waals surface area contributed by atoms with Crippen LogP contribution in [0.15, 0.2) is 237 Å². The summed E-state index contributed by atoms with van der Waals surface area (Å²) < 4.78 is 0. The van der Waals surface area contributed by atoms with Gasteiger partial charge in [-0.3, -0.25) is 0 Å². The van der Waals surface area contributed by atoms with Gasteiger partial charge in [0, 0.05) is 68.2 Å². The van der Waals surface area contributed by atoms with E-state index in [1.54, 1.807) is 0 Å². The third kappa shape index (κ3) is 9.57. The van der Waals surface area contributed by atoms with Crippen molar-refractivity contribution in [2.45, 2.75) is 34.6 Å². The SMILES string of the molecule is CC.Cc1cccc(N(c2ccccc2)c2ccc(N(c3ccc(N(c4ccccc4)c4cccc(C)c4)cc3)c3ccc(N(c4ccccc4)c4cccc(C)c4)cc3)cc2)c1. The molecule has 4 nitrogen and oxygen atoms in total. The molecule has 0 aliphatic rings. The second-order valence-electron chi connectivity index (χ2n) is 15.4. The normalized spacial score (nSPS) is 10.6. The fraction of sp³-hybridized carbons (Fsp3) is 0.0847. The monoisotopic (exact) mass is 818 g/mol. The maximum absolute atomic E-state index is 2.34. The molecule has 63 heavy (non-hydrogen) atoms. The van der Waals surface area contributed by atoms with E-state index in [4.69, 9.17) is 0 Å². The van der Waals surface area contributed by atoms with E-state index in [1.807, 2.05) is 13.8 Å². The van der Waals surface area contributed by atoms with Crippen LogP contribution >= 0.6 is 0 Å². The number of benzene rings is 9. The minimum Gasteiger partial charge on any atom is -0.310 e. The average Bonchev–Trinajstić information content (AvgIpc) is 3.33.